The fourth-order valence-corrected chi connectivity index (χ4v) is 2.32. The van der Waals surface area contributed by atoms with Gasteiger partial charge >= 0.3 is 0 Å². The summed E-state index contributed by atoms with van der Waals surface area (Å²) in [5.41, 5.74) is 0.0665. The van der Waals surface area contributed by atoms with Crippen molar-refractivity contribution < 1.29 is 42.6 Å². The molecule has 0 aliphatic heterocycles. The van der Waals surface area contributed by atoms with Gasteiger partial charge in [-0.1, -0.05) is 20.8 Å². The van der Waals surface area contributed by atoms with E-state index in [1.54, 1.807) is 0 Å². The van der Waals surface area contributed by atoms with Crippen LogP contribution in [0.15, 0.2) is 0 Å². The summed E-state index contributed by atoms with van der Waals surface area (Å²) in [4.78, 5) is 0. The minimum Gasteiger partial charge on any atom is -0.379 e. The van der Waals surface area contributed by atoms with E-state index in [4.69, 9.17) is 42.6 Å². The Kier molecular flexibility index (Phi) is 22.8. The summed E-state index contributed by atoms with van der Waals surface area (Å²) in [5, 5.41) is 0. The zero-order valence-corrected chi connectivity index (χ0v) is 22.7. The van der Waals surface area contributed by atoms with Crippen LogP contribution in [0.25, 0.3) is 0 Å². The van der Waals surface area contributed by atoms with Gasteiger partial charge in [0.1, 0.15) is 0 Å². The first-order chi connectivity index (χ1) is 16.2. The SMILES string of the molecule is CC(C)(C)COCCOCCOCCOCCOCCOCCOCCOCCOC(C)(C)C. The maximum absolute atomic E-state index is 5.57. The summed E-state index contributed by atoms with van der Waals surface area (Å²) >= 11 is 0. The van der Waals surface area contributed by atoms with Crippen LogP contribution < -0.4 is 0 Å². The Morgan fingerprint density at radius 1 is 0.324 bits per heavy atom. The lowest BCUT2D eigenvalue weighted by Gasteiger charge is -2.19. The highest BCUT2D eigenvalue weighted by Gasteiger charge is 2.09. The third kappa shape index (κ3) is 31.6. The molecule has 34 heavy (non-hydrogen) atoms. The molecule has 0 spiro atoms. The first kappa shape index (κ1) is 33.6. The maximum Gasteiger partial charge on any atom is 0.0707 e. The molecule has 0 rings (SSSR count). The maximum atomic E-state index is 5.57. The number of hydrogen-bond acceptors (Lipinski definition) is 9. The number of hydrogen-bond donors (Lipinski definition) is 0. The van der Waals surface area contributed by atoms with E-state index >= 15 is 0 Å². The molecule has 0 N–H and O–H groups in total. The van der Waals surface area contributed by atoms with Gasteiger partial charge in [0.15, 0.2) is 0 Å². The van der Waals surface area contributed by atoms with Gasteiger partial charge in [-0.2, -0.15) is 0 Å². The van der Waals surface area contributed by atoms with Crippen LogP contribution in [-0.2, 0) is 42.6 Å². The summed E-state index contributed by atoms with van der Waals surface area (Å²) < 4.78 is 49.3. The molecule has 9 nitrogen and oxygen atoms in total. The van der Waals surface area contributed by atoms with Gasteiger partial charge in [0, 0.05) is 0 Å². The van der Waals surface area contributed by atoms with Crippen LogP contribution in [-0.4, -0.2) is 118 Å². The van der Waals surface area contributed by atoms with Crippen LogP contribution in [0.2, 0.25) is 0 Å². The van der Waals surface area contributed by atoms with E-state index in [0.29, 0.717) is 106 Å². The molecule has 0 heterocycles. The van der Waals surface area contributed by atoms with Gasteiger partial charge in [-0.05, 0) is 26.2 Å². The lowest BCUT2D eigenvalue weighted by Crippen LogP contribution is -2.22. The molecule has 0 saturated heterocycles. The van der Waals surface area contributed by atoms with Gasteiger partial charge in [-0.25, -0.2) is 0 Å². The van der Waals surface area contributed by atoms with E-state index in [2.05, 4.69) is 20.8 Å². The average Bonchev–Trinajstić information content (AvgIpc) is 2.74. The van der Waals surface area contributed by atoms with Gasteiger partial charge in [0.2, 0.25) is 0 Å². The predicted octanol–water partition coefficient (Wildman–Crippen LogP) is 2.98. The molecule has 0 aromatic carbocycles. The second kappa shape index (κ2) is 23.1. The first-order valence-corrected chi connectivity index (χ1v) is 12.5. The highest BCUT2D eigenvalue weighted by Crippen LogP contribution is 2.12. The first-order valence-electron chi connectivity index (χ1n) is 12.5. The molecule has 0 radical (unpaired) electrons. The monoisotopic (exact) mass is 496 g/mol. The lowest BCUT2D eigenvalue weighted by molar-refractivity contribution is -0.0467. The molecule has 9 heteroatoms. The molecule has 0 unspecified atom stereocenters. The van der Waals surface area contributed by atoms with Gasteiger partial charge in [0.25, 0.3) is 0 Å². The summed E-state index contributed by atoms with van der Waals surface area (Å²) in [6.07, 6.45) is 0. The molecular formula is C25H52O9. The highest BCUT2D eigenvalue weighted by molar-refractivity contribution is 4.58. The van der Waals surface area contributed by atoms with E-state index < -0.39 is 0 Å². The largest absolute Gasteiger partial charge is 0.379 e. The Balaban J connectivity index is 3.07. The molecule has 206 valence electrons. The Hall–Kier alpha value is -0.360. The Labute approximate surface area is 208 Å². The van der Waals surface area contributed by atoms with Gasteiger partial charge in [-0.15, -0.1) is 0 Å². The normalized spacial score (nSPS) is 12.5. The molecule has 0 fully saturated rings. The second-order valence-corrected chi connectivity index (χ2v) is 9.86. The van der Waals surface area contributed by atoms with Crippen LogP contribution in [0.1, 0.15) is 41.5 Å². The summed E-state index contributed by atoms with van der Waals surface area (Å²) in [5.74, 6) is 0. The van der Waals surface area contributed by atoms with Crippen molar-refractivity contribution in [2.45, 2.75) is 47.1 Å². The zero-order chi connectivity index (χ0) is 25.4. The van der Waals surface area contributed by atoms with Crippen LogP contribution >= 0.6 is 0 Å². The minimum atomic E-state index is -0.124. The topological polar surface area (TPSA) is 83.1 Å². The summed E-state index contributed by atoms with van der Waals surface area (Å²) in [6.45, 7) is 22.2. The van der Waals surface area contributed by atoms with Crippen molar-refractivity contribution in [1.82, 2.24) is 0 Å². The second-order valence-electron chi connectivity index (χ2n) is 9.86. The molecule has 0 amide bonds. The molecular weight excluding hydrogens is 444 g/mol. The average molecular weight is 497 g/mol. The van der Waals surface area contributed by atoms with Gasteiger partial charge in [0.05, 0.1) is 118 Å². The Bertz CT molecular complexity index is 370. The molecule has 0 aliphatic carbocycles. The van der Waals surface area contributed by atoms with Gasteiger partial charge < -0.3 is 42.6 Å². The zero-order valence-electron chi connectivity index (χ0n) is 22.7. The van der Waals surface area contributed by atoms with Crippen LogP contribution in [0.3, 0.4) is 0 Å². The fraction of sp³-hybridized carbons (Fsp3) is 1.00. The van der Waals surface area contributed by atoms with Crippen molar-refractivity contribution in [3.05, 3.63) is 0 Å². The van der Waals surface area contributed by atoms with Crippen LogP contribution in [0.4, 0.5) is 0 Å². The molecule has 0 aliphatic rings. The molecule has 0 atom stereocenters. The van der Waals surface area contributed by atoms with E-state index in [9.17, 15) is 0 Å². The van der Waals surface area contributed by atoms with E-state index in [1.165, 1.54) is 0 Å². The third-order valence-electron chi connectivity index (χ3n) is 3.90. The van der Waals surface area contributed by atoms with E-state index in [1.807, 2.05) is 20.8 Å². The predicted molar refractivity (Wildman–Crippen MR) is 132 cm³/mol. The van der Waals surface area contributed by atoms with Crippen molar-refractivity contribution in [3.63, 3.8) is 0 Å². The van der Waals surface area contributed by atoms with Crippen LogP contribution in [0.5, 0.6) is 0 Å². The van der Waals surface area contributed by atoms with Crippen molar-refractivity contribution in [1.29, 1.82) is 0 Å². The summed E-state index contributed by atoms with van der Waals surface area (Å²) in [7, 11) is 0. The molecule has 0 aromatic heterocycles. The van der Waals surface area contributed by atoms with E-state index in [-0.39, 0.29) is 11.0 Å². The lowest BCUT2D eigenvalue weighted by atomic mass is 9.99. The summed E-state index contributed by atoms with van der Waals surface area (Å²) in [6, 6.07) is 0. The molecule has 0 bridgehead atoms. The van der Waals surface area contributed by atoms with Crippen molar-refractivity contribution in [3.8, 4) is 0 Å². The number of ether oxygens (including phenoxy) is 9. The minimum absolute atomic E-state index is 0.124. The quantitative estimate of drug-likeness (QED) is 0.177. The fourth-order valence-electron chi connectivity index (χ4n) is 2.32. The standard InChI is InChI=1S/C25H52O9/c1-24(2,3)23-33-20-19-31-16-15-29-12-11-27-8-7-26-9-10-28-13-14-30-17-18-32-21-22-34-25(4,5)6/h7-23H2,1-6H3. The third-order valence-corrected chi connectivity index (χ3v) is 3.90. The molecule has 0 aromatic rings. The van der Waals surface area contributed by atoms with Crippen molar-refractivity contribution in [2.75, 3.05) is 112 Å². The highest BCUT2D eigenvalue weighted by atomic mass is 16.6. The van der Waals surface area contributed by atoms with E-state index in [0.717, 1.165) is 6.61 Å². The smallest absolute Gasteiger partial charge is 0.0707 e. The van der Waals surface area contributed by atoms with Gasteiger partial charge in [-0.3, -0.25) is 0 Å². The van der Waals surface area contributed by atoms with Crippen molar-refractivity contribution in [2.24, 2.45) is 5.41 Å². The van der Waals surface area contributed by atoms with Crippen molar-refractivity contribution >= 4 is 0 Å². The van der Waals surface area contributed by atoms with Crippen LogP contribution in [0, 0.1) is 5.41 Å². The number of rotatable bonds is 25. The Morgan fingerprint density at radius 3 is 0.794 bits per heavy atom. The Morgan fingerprint density at radius 2 is 0.559 bits per heavy atom. The molecule has 0 saturated carbocycles.